The first-order chi connectivity index (χ1) is 13.7. The SMILES string of the molecule is C=C1OCOC1=C.CC(C(=O)c1ccc2c(c1)OCO2)N(C)C(=O)CCC(=O)O. The lowest BCUT2D eigenvalue weighted by Gasteiger charge is -2.23. The molecule has 2 heterocycles. The number of Topliss-reactive ketones (excluding diaryl/α,β-unsaturated/α-hetero) is 1. The number of aliphatic carboxylic acids is 1. The highest BCUT2D eigenvalue weighted by Crippen LogP contribution is 2.33. The van der Waals surface area contributed by atoms with Gasteiger partial charge >= 0.3 is 5.97 Å². The highest BCUT2D eigenvalue weighted by atomic mass is 16.7. The predicted octanol–water partition coefficient (Wildman–Crippen LogP) is 2.33. The van der Waals surface area contributed by atoms with Crippen molar-refractivity contribution in [3.05, 3.63) is 48.4 Å². The Bertz CT molecular complexity index is 818. The summed E-state index contributed by atoms with van der Waals surface area (Å²) in [5.41, 5.74) is 0.412. The number of hydrogen-bond acceptors (Lipinski definition) is 7. The molecule has 1 saturated heterocycles. The summed E-state index contributed by atoms with van der Waals surface area (Å²) < 4.78 is 19.9. The molecule has 156 valence electrons. The van der Waals surface area contributed by atoms with E-state index >= 15 is 0 Å². The monoisotopic (exact) mass is 405 g/mol. The molecule has 0 spiro atoms. The minimum Gasteiger partial charge on any atom is -0.481 e. The molecule has 0 bridgehead atoms. The fourth-order valence-corrected chi connectivity index (χ4v) is 2.41. The molecule has 1 N–H and O–H groups in total. The summed E-state index contributed by atoms with van der Waals surface area (Å²) in [6, 6.07) is 4.15. The Morgan fingerprint density at radius 3 is 2.17 bits per heavy atom. The summed E-state index contributed by atoms with van der Waals surface area (Å²) in [7, 11) is 1.49. The highest BCUT2D eigenvalue weighted by molar-refractivity contribution is 6.02. The lowest BCUT2D eigenvalue weighted by Crippen LogP contribution is -2.40. The number of amides is 1. The van der Waals surface area contributed by atoms with E-state index < -0.39 is 12.0 Å². The van der Waals surface area contributed by atoms with E-state index in [2.05, 4.69) is 13.2 Å². The summed E-state index contributed by atoms with van der Waals surface area (Å²) in [5, 5.41) is 8.60. The standard InChI is InChI=1S/C15H17NO6.C5H6O2/c1-9(16(2)13(17)5-6-14(18)19)15(20)10-3-4-11-12(7-10)22-8-21-11;1-4-5(2)7-3-6-4/h3-4,7,9H,5-6,8H2,1-2H3,(H,18,19);1-3H2. The normalized spacial score (nSPS) is 14.8. The molecule has 1 amide bonds. The Labute approximate surface area is 168 Å². The van der Waals surface area contributed by atoms with Crippen LogP contribution < -0.4 is 9.47 Å². The van der Waals surface area contributed by atoms with E-state index in [0.717, 1.165) is 0 Å². The van der Waals surface area contributed by atoms with Crippen molar-refractivity contribution < 1.29 is 38.4 Å². The maximum atomic E-state index is 12.4. The van der Waals surface area contributed by atoms with Crippen LogP contribution in [0.3, 0.4) is 0 Å². The molecule has 1 aromatic carbocycles. The second-order valence-corrected chi connectivity index (χ2v) is 6.26. The molecule has 0 radical (unpaired) electrons. The number of likely N-dealkylation sites (N-methyl/N-ethyl adjacent to an activating group) is 1. The van der Waals surface area contributed by atoms with Crippen molar-refractivity contribution in [3.8, 4) is 11.5 Å². The van der Waals surface area contributed by atoms with Gasteiger partial charge in [0.25, 0.3) is 0 Å². The lowest BCUT2D eigenvalue weighted by molar-refractivity contribution is -0.140. The molecule has 3 rings (SSSR count). The molecule has 9 heteroatoms. The Morgan fingerprint density at radius 1 is 1.03 bits per heavy atom. The topological polar surface area (TPSA) is 112 Å². The van der Waals surface area contributed by atoms with Crippen LogP contribution in [-0.2, 0) is 19.1 Å². The van der Waals surface area contributed by atoms with Crippen LogP contribution >= 0.6 is 0 Å². The van der Waals surface area contributed by atoms with E-state index in [1.165, 1.54) is 11.9 Å². The number of rotatable bonds is 6. The highest BCUT2D eigenvalue weighted by Gasteiger charge is 2.25. The molecule has 1 atom stereocenters. The van der Waals surface area contributed by atoms with Gasteiger partial charge in [0.2, 0.25) is 19.5 Å². The van der Waals surface area contributed by atoms with E-state index in [9.17, 15) is 14.4 Å². The molecule has 2 aliphatic heterocycles. The number of nitrogens with zero attached hydrogens (tertiary/aromatic N) is 1. The van der Waals surface area contributed by atoms with Gasteiger partial charge in [-0.25, -0.2) is 0 Å². The van der Waals surface area contributed by atoms with Gasteiger partial charge < -0.3 is 29.0 Å². The number of hydrogen-bond donors (Lipinski definition) is 1. The predicted molar refractivity (Wildman–Crippen MR) is 101 cm³/mol. The zero-order valence-corrected chi connectivity index (χ0v) is 16.3. The number of ketones is 1. The first-order valence-corrected chi connectivity index (χ1v) is 8.75. The van der Waals surface area contributed by atoms with E-state index in [4.69, 9.17) is 24.1 Å². The minimum absolute atomic E-state index is 0.121. The van der Waals surface area contributed by atoms with Crippen molar-refractivity contribution in [2.75, 3.05) is 20.6 Å². The number of carboxylic acid groups (broad SMARTS) is 1. The maximum Gasteiger partial charge on any atom is 0.303 e. The van der Waals surface area contributed by atoms with Gasteiger partial charge in [-0.2, -0.15) is 0 Å². The summed E-state index contributed by atoms with van der Waals surface area (Å²) >= 11 is 0. The van der Waals surface area contributed by atoms with Gasteiger partial charge in [-0.3, -0.25) is 14.4 Å². The summed E-state index contributed by atoms with van der Waals surface area (Å²) in [5.74, 6) is 0.484. The molecule has 0 aliphatic carbocycles. The van der Waals surface area contributed by atoms with Gasteiger partial charge in [0.1, 0.15) is 0 Å². The van der Waals surface area contributed by atoms with Crippen molar-refractivity contribution >= 4 is 17.7 Å². The van der Waals surface area contributed by atoms with Crippen LogP contribution in [0.25, 0.3) is 0 Å². The van der Waals surface area contributed by atoms with Crippen molar-refractivity contribution in [2.45, 2.75) is 25.8 Å². The average molecular weight is 405 g/mol. The Kier molecular flexibility index (Phi) is 7.24. The van der Waals surface area contributed by atoms with Gasteiger partial charge in [-0.05, 0) is 25.1 Å². The third kappa shape index (κ3) is 5.74. The number of carboxylic acids is 1. The first-order valence-electron chi connectivity index (χ1n) is 8.75. The number of benzene rings is 1. The third-order valence-corrected chi connectivity index (χ3v) is 4.34. The summed E-state index contributed by atoms with van der Waals surface area (Å²) in [6.45, 7) is 8.98. The van der Waals surface area contributed by atoms with Crippen molar-refractivity contribution in [1.29, 1.82) is 0 Å². The van der Waals surface area contributed by atoms with Crippen LogP contribution in [0.5, 0.6) is 11.5 Å². The molecule has 1 unspecified atom stereocenters. The number of carbonyl (C=O) groups is 3. The summed E-state index contributed by atoms with van der Waals surface area (Å²) in [4.78, 5) is 36.1. The largest absolute Gasteiger partial charge is 0.481 e. The molecule has 2 aliphatic rings. The molecular formula is C20H23NO8. The van der Waals surface area contributed by atoms with Crippen LogP contribution in [0, 0.1) is 0 Å². The van der Waals surface area contributed by atoms with Crippen molar-refractivity contribution in [1.82, 2.24) is 4.90 Å². The van der Waals surface area contributed by atoms with Crippen LogP contribution in [0.4, 0.5) is 0 Å². The molecule has 0 saturated carbocycles. The van der Waals surface area contributed by atoms with Crippen LogP contribution in [0.15, 0.2) is 42.9 Å². The van der Waals surface area contributed by atoms with Gasteiger partial charge in [0.05, 0.1) is 12.5 Å². The number of ether oxygens (including phenoxy) is 4. The zero-order chi connectivity index (χ0) is 21.6. The fraction of sp³-hybridized carbons (Fsp3) is 0.350. The van der Waals surface area contributed by atoms with Gasteiger partial charge in [-0.1, -0.05) is 13.2 Å². The Hall–Kier alpha value is -3.49. The van der Waals surface area contributed by atoms with Gasteiger partial charge in [0, 0.05) is 19.0 Å². The Balaban J connectivity index is 0.000000360. The molecular weight excluding hydrogens is 382 g/mol. The van der Waals surface area contributed by atoms with E-state index in [0.29, 0.717) is 28.6 Å². The van der Waals surface area contributed by atoms with Crippen molar-refractivity contribution in [3.63, 3.8) is 0 Å². The molecule has 29 heavy (non-hydrogen) atoms. The average Bonchev–Trinajstić information content (AvgIpc) is 3.32. The summed E-state index contributed by atoms with van der Waals surface area (Å²) in [6.07, 6.45) is -0.390. The van der Waals surface area contributed by atoms with Crippen LogP contribution in [-0.4, -0.2) is 54.3 Å². The van der Waals surface area contributed by atoms with E-state index in [-0.39, 0.29) is 38.1 Å². The zero-order valence-electron chi connectivity index (χ0n) is 16.3. The van der Waals surface area contributed by atoms with Crippen LogP contribution in [0.2, 0.25) is 0 Å². The van der Waals surface area contributed by atoms with E-state index in [1.54, 1.807) is 25.1 Å². The van der Waals surface area contributed by atoms with Crippen LogP contribution in [0.1, 0.15) is 30.1 Å². The molecule has 9 nitrogen and oxygen atoms in total. The smallest absolute Gasteiger partial charge is 0.303 e. The van der Waals surface area contributed by atoms with Gasteiger partial charge in [-0.15, -0.1) is 0 Å². The second-order valence-electron chi connectivity index (χ2n) is 6.26. The minimum atomic E-state index is -1.04. The Morgan fingerprint density at radius 2 is 1.62 bits per heavy atom. The molecule has 1 fully saturated rings. The molecule has 0 aromatic heterocycles. The second kappa shape index (κ2) is 9.63. The molecule has 1 aromatic rings. The van der Waals surface area contributed by atoms with Crippen molar-refractivity contribution in [2.24, 2.45) is 0 Å². The third-order valence-electron chi connectivity index (χ3n) is 4.34. The first kappa shape index (κ1) is 21.8. The van der Waals surface area contributed by atoms with E-state index in [1.807, 2.05) is 0 Å². The van der Waals surface area contributed by atoms with Gasteiger partial charge in [0.15, 0.2) is 28.8 Å². The fourth-order valence-electron chi connectivity index (χ4n) is 2.41. The quantitative estimate of drug-likeness (QED) is 0.718. The maximum absolute atomic E-state index is 12.4. The lowest BCUT2D eigenvalue weighted by atomic mass is 10.0. The number of fused-ring (bicyclic) bond motifs is 1. The number of carbonyl (C=O) groups excluding carboxylic acids is 2.